The molecular formula is C44H74BF4IO2. The minimum atomic E-state index is -6.00. The first-order valence-electron chi connectivity index (χ1n) is 21.3. The molecular weight excluding hydrogens is 774 g/mol. The van der Waals surface area contributed by atoms with E-state index in [4.69, 9.17) is 9.47 Å². The fourth-order valence-corrected chi connectivity index (χ4v) is 8.44. The van der Waals surface area contributed by atoms with Gasteiger partial charge < -0.3 is 26.7 Å². The fourth-order valence-electron chi connectivity index (χ4n) is 6.29. The average Bonchev–Trinajstić information content (AvgIpc) is 3.12. The van der Waals surface area contributed by atoms with Crippen LogP contribution in [0.2, 0.25) is 0 Å². The first-order valence-corrected chi connectivity index (χ1v) is 23.5. The summed E-state index contributed by atoms with van der Waals surface area (Å²) in [6.07, 6.45) is 39.0. The standard InChI is InChI=1S/C44H74IO2.BF4/c1-3-5-7-9-11-13-15-17-19-21-23-25-27-29-39-46-43-35-31-41(32-36-43)45-42-33-37-44(38-34-42)47-40-30-28-26-24-22-20-18-16-14-12-10-8-6-4-2;2-1(3,4)5/h31-38H,3-30,39-40H2,1-2H3;/q+1;-1. The van der Waals surface area contributed by atoms with Crippen LogP contribution in [0, 0.1) is 7.14 Å². The molecule has 0 aliphatic rings. The normalized spacial score (nSPS) is 11.3. The van der Waals surface area contributed by atoms with Crippen LogP contribution in [-0.2, 0) is 0 Å². The molecule has 0 radical (unpaired) electrons. The van der Waals surface area contributed by atoms with Gasteiger partial charge in [0.1, 0.15) is 11.5 Å². The van der Waals surface area contributed by atoms with Gasteiger partial charge in [0.25, 0.3) is 0 Å². The first kappa shape index (κ1) is 48.6. The number of rotatable bonds is 34. The van der Waals surface area contributed by atoms with Crippen molar-refractivity contribution in [2.45, 2.75) is 194 Å². The van der Waals surface area contributed by atoms with Gasteiger partial charge >= 0.3 is 28.5 Å². The third-order valence-electron chi connectivity index (χ3n) is 9.38. The van der Waals surface area contributed by atoms with E-state index in [9.17, 15) is 17.3 Å². The number of hydrogen-bond donors (Lipinski definition) is 0. The Hall–Kier alpha value is -1.45. The van der Waals surface area contributed by atoms with Crippen molar-refractivity contribution in [1.29, 1.82) is 0 Å². The first-order chi connectivity index (χ1) is 25.3. The lowest BCUT2D eigenvalue weighted by atomic mass is 10.0. The van der Waals surface area contributed by atoms with Crippen LogP contribution in [0.3, 0.4) is 0 Å². The fraction of sp³-hybridized carbons (Fsp3) is 0.727. The van der Waals surface area contributed by atoms with E-state index in [2.05, 4.69) is 62.4 Å². The predicted octanol–water partition coefficient (Wildman–Crippen LogP) is 12.8. The Bertz CT molecular complexity index is 939. The summed E-state index contributed by atoms with van der Waals surface area (Å²) in [6, 6.07) is 17.7. The lowest BCUT2D eigenvalue weighted by molar-refractivity contribution is -0.597. The SMILES string of the molecule is CCCCCCCCCCCCCCCCOc1ccc([I+]c2ccc(OCCCCCCCCCCCCCCCC)cc2)cc1.F[B-](F)(F)F. The molecule has 0 aliphatic heterocycles. The van der Waals surface area contributed by atoms with Crippen LogP contribution in [0.25, 0.3) is 0 Å². The van der Waals surface area contributed by atoms with Crippen molar-refractivity contribution in [3.63, 3.8) is 0 Å². The highest BCUT2D eigenvalue weighted by atomic mass is 127. The van der Waals surface area contributed by atoms with Gasteiger partial charge in [0.2, 0.25) is 0 Å². The van der Waals surface area contributed by atoms with Crippen molar-refractivity contribution in [3.8, 4) is 11.5 Å². The topological polar surface area (TPSA) is 18.5 Å². The molecule has 0 unspecified atom stereocenters. The summed E-state index contributed by atoms with van der Waals surface area (Å²) in [5.41, 5.74) is 0. The number of ether oxygens (including phenoxy) is 2. The molecule has 2 rings (SSSR count). The Morgan fingerprint density at radius 3 is 0.808 bits per heavy atom. The zero-order valence-electron chi connectivity index (χ0n) is 33.1. The highest BCUT2D eigenvalue weighted by Gasteiger charge is 2.20. The average molecular weight is 849 g/mol. The predicted molar refractivity (Wildman–Crippen MR) is 212 cm³/mol. The summed E-state index contributed by atoms with van der Waals surface area (Å²) in [6.45, 7) is 6.27. The quantitative estimate of drug-likeness (QED) is 0.0302. The summed E-state index contributed by atoms with van der Waals surface area (Å²) in [5, 5.41) is 0. The molecule has 0 fully saturated rings. The Morgan fingerprint density at radius 2 is 0.577 bits per heavy atom. The second kappa shape index (κ2) is 35.3. The zero-order chi connectivity index (χ0) is 37.8. The molecule has 2 aromatic rings. The van der Waals surface area contributed by atoms with E-state index in [1.54, 1.807) is 0 Å². The summed E-state index contributed by atoms with van der Waals surface area (Å²) < 4.78 is 53.9. The number of hydrogen-bond acceptors (Lipinski definition) is 2. The zero-order valence-corrected chi connectivity index (χ0v) is 35.3. The Kier molecular flexibility index (Phi) is 32.9. The molecule has 2 aromatic carbocycles. The molecule has 0 atom stereocenters. The van der Waals surface area contributed by atoms with Crippen molar-refractivity contribution >= 4 is 7.25 Å². The van der Waals surface area contributed by atoms with E-state index in [-0.39, 0.29) is 21.2 Å². The van der Waals surface area contributed by atoms with Crippen LogP contribution >= 0.6 is 0 Å². The molecule has 8 heteroatoms. The van der Waals surface area contributed by atoms with E-state index in [1.807, 2.05) is 0 Å². The van der Waals surface area contributed by atoms with Crippen LogP contribution < -0.4 is 30.7 Å². The van der Waals surface area contributed by atoms with Crippen molar-refractivity contribution in [3.05, 3.63) is 55.7 Å². The van der Waals surface area contributed by atoms with E-state index >= 15 is 0 Å². The van der Waals surface area contributed by atoms with E-state index < -0.39 is 7.25 Å². The molecule has 0 heterocycles. The van der Waals surface area contributed by atoms with Gasteiger partial charge in [-0.15, -0.1) is 0 Å². The monoisotopic (exact) mass is 848 g/mol. The molecule has 300 valence electrons. The molecule has 0 amide bonds. The smallest absolute Gasteiger partial charge is 0.494 e. The van der Waals surface area contributed by atoms with Crippen molar-refractivity contribution < 1.29 is 47.9 Å². The van der Waals surface area contributed by atoms with Crippen molar-refractivity contribution in [2.75, 3.05) is 13.2 Å². The van der Waals surface area contributed by atoms with Gasteiger partial charge in [-0.1, -0.05) is 181 Å². The van der Waals surface area contributed by atoms with Gasteiger partial charge in [-0.05, 0) is 61.4 Å². The number of halogens is 5. The van der Waals surface area contributed by atoms with Gasteiger partial charge in [-0.2, -0.15) is 0 Å². The Labute approximate surface area is 327 Å². The molecule has 0 N–H and O–H groups in total. The third-order valence-corrected chi connectivity index (χ3v) is 12.1. The molecule has 0 spiro atoms. The van der Waals surface area contributed by atoms with Crippen LogP contribution in [0.5, 0.6) is 11.5 Å². The number of unbranched alkanes of at least 4 members (excludes halogenated alkanes) is 26. The van der Waals surface area contributed by atoms with Crippen LogP contribution in [-0.4, -0.2) is 20.5 Å². The van der Waals surface area contributed by atoms with Crippen LogP contribution in [0.4, 0.5) is 17.3 Å². The maximum Gasteiger partial charge on any atom is 0.673 e. The molecule has 52 heavy (non-hydrogen) atoms. The summed E-state index contributed by atoms with van der Waals surface area (Å²) >= 11 is -0.178. The highest BCUT2D eigenvalue weighted by molar-refractivity contribution is 6.50. The number of benzene rings is 2. The molecule has 0 aliphatic carbocycles. The van der Waals surface area contributed by atoms with Crippen LogP contribution in [0.1, 0.15) is 194 Å². The van der Waals surface area contributed by atoms with E-state index in [0.717, 1.165) is 24.7 Å². The maximum absolute atomic E-state index is 9.75. The van der Waals surface area contributed by atoms with Crippen molar-refractivity contribution in [1.82, 2.24) is 0 Å². The summed E-state index contributed by atoms with van der Waals surface area (Å²) in [5.74, 6) is 2.03. The van der Waals surface area contributed by atoms with Gasteiger partial charge in [0.05, 0.1) is 13.2 Å². The molecule has 0 saturated heterocycles. The van der Waals surface area contributed by atoms with Gasteiger partial charge in [-0.3, -0.25) is 0 Å². The van der Waals surface area contributed by atoms with E-state index in [1.165, 1.54) is 187 Å². The van der Waals surface area contributed by atoms with Crippen LogP contribution in [0.15, 0.2) is 48.5 Å². The van der Waals surface area contributed by atoms with Crippen molar-refractivity contribution in [2.24, 2.45) is 0 Å². The second-order valence-corrected chi connectivity index (χ2v) is 17.4. The Balaban J connectivity index is 0.00000252. The molecule has 0 saturated carbocycles. The maximum atomic E-state index is 9.75. The minimum absolute atomic E-state index is 0.178. The lowest BCUT2D eigenvalue weighted by Gasteiger charge is -2.06. The molecule has 0 aromatic heterocycles. The Morgan fingerprint density at radius 1 is 0.365 bits per heavy atom. The molecule has 2 nitrogen and oxygen atoms in total. The lowest BCUT2D eigenvalue weighted by Crippen LogP contribution is -3.61. The second-order valence-electron chi connectivity index (χ2n) is 14.4. The highest BCUT2D eigenvalue weighted by Crippen LogP contribution is 2.16. The largest absolute Gasteiger partial charge is 0.673 e. The van der Waals surface area contributed by atoms with Gasteiger partial charge in [0.15, 0.2) is 7.14 Å². The summed E-state index contributed by atoms with van der Waals surface area (Å²) in [7, 11) is -6.00. The summed E-state index contributed by atoms with van der Waals surface area (Å²) in [4.78, 5) is 0. The van der Waals surface area contributed by atoms with E-state index in [0.29, 0.717) is 0 Å². The van der Waals surface area contributed by atoms with Gasteiger partial charge in [0, 0.05) is 0 Å². The van der Waals surface area contributed by atoms with Gasteiger partial charge in [-0.25, -0.2) is 0 Å². The third kappa shape index (κ3) is 34.3. The minimum Gasteiger partial charge on any atom is -0.494 e. The molecule has 0 bridgehead atoms.